The molecule has 2 atom stereocenters. The van der Waals surface area contributed by atoms with E-state index in [9.17, 15) is 4.79 Å². The summed E-state index contributed by atoms with van der Waals surface area (Å²) in [4.78, 5) is 11.5. The van der Waals surface area contributed by atoms with E-state index in [0.29, 0.717) is 11.6 Å². The van der Waals surface area contributed by atoms with Crippen LogP contribution < -0.4 is 5.32 Å². The summed E-state index contributed by atoms with van der Waals surface area (Å²) >= 11 is 0. The Bertz CT molecular complexity index is 475. The maximum atomic E-state index is 11.5. The van der Waals surface area contributed by atoms with Gasteiger partial charge >= 0.3 is 5.97 Å². The highest BCUT2D eigenvalue weighted by atomic mass is 16.5. The molecule has 1 saturated heterocycles. The maximum absolute atomic E-state index is 11.5. The molecule has 1 aromatic rings. The van der Waals surface area contributed by atoms with Crippen LogP contribution in [0.15, 0.2) is 24.3 Å². The molecule has 0 radical (unpaired) electrons. The first-order valence-corrected chi connectivity index (χ1v) is 7.15. The highest BCUT2D eigenvalue weighted by Crippen LogP contribution is 2.29. The van der Waals surface area contributed by atoms with Gasteiger partial charge in [-0.3, -0.25) is 0 Å². The van der Waals surface area contributed by atoms with Crippen molar-refractivity contribution in [2.45, 2.75) is 44.8 Å². The van der Waals surface area contributed by atoms with Gasteiger partial charge in [0.2, 0.25) is 0 Å². The van der Waals surface area contributed by atoms with E-state index in [1.54, 1.807) is 6.07 Å². The van der Waals surface area contributed by atoms with Gasteiger partial charge in [0.05, 0.1) is 18.3 Å². The number of methoxy groups -OCH3 is 1. The first-order chi connectivity index (χ1) is 9.56. The lowest BCUT2D eigenvalue weighted by molar-refractivity contribution is -0.0708. The van der Waals surface area contributed by atoms with E-state index in [1.165, 1.54) is 7.11 Å². The van der Waals surface area contributed by atoms with E-state index in [2.05, 4.69) is 19.2 Å². The van der Waals surface area contributed by atoms with Crippen molar-refractivity contribution in [3.63, 3.8) is 0 Å². The zero-order valence-electron chi connectivity index (χ0n) is 12.4. The first kappa shape index (κ1) is 14.9. The van der Waals surface area contributed by atoms with Crippen molar-refractivity contribution < 1.29 is 14.3 Å². The van der Waals surface area contributed by atoms with E-state index >= 15 is 0 Å². The molecular weight excluding hydrogens is 254 g/mol. The fourth-order valence-electron chi connectivity index (χ4n) is 2.59. The van der Waals surface area contributed by atoms with Crippen LogP contribution in [-0.4, -0.2) is 31.3 Å². The van der Waals surface area contributed by atoms with Crippen molar-refractivity contribution in [3.8, 4) is 0 Å². The summed E-state index contributed by atoms with van der Waals surface area (Å²) in [6.45, 7) is 5.09. The highest BCUT2D eigenvalue weighted by Gasteiger charge is 2.31. The molecule has 110 valence electrons. The first-order valence-electron chi connectivity index (χ1n) is 7.15. The Morgan fingerprint density at radius 2 is 2.35 bits per heavy atom. The summed E-state index contributed by atoms with van der Waals surface area (Å²) in [6, 6.07) is 7.82. The monoisotopic (exact) mass is 277 g/mol. The second-order valence-electron chi connectivity index (χ2n) is 5.56. The predicted molar refractivity (Wildman–Crippen MR) is 79.1 cm³/mol. The van der Waals surface area contributed by atoms with Crippen molar-refractivity contribution in [3.05, 3.63) is 29.8 Å². The Morgan fingerprint density at radius 1 is 1.55 bits per heavy atom. The molecule has 1 aliphatic rings. The van der Waals surface area contributed by atoms with Crippen molar-refractivity contribution in [2.24, 2.45) is 0 Å². The predicted octanol–water partition coefficient (Wildman–Crippen LogP) is 3.23. The molecule has 0 bridgehead atoms. The minimum atomic E-state index is -0.306. The van der Waals surface area contributed by atoms with Crippen LogP contribution in [0.5, 0.6) is 0 Å². The maximum Gasteiger partial charge on any atom is 0.337 e. The van der Waals surface area contributed by atoms with Gasteiger partial charge in [0.25, 0.3) is 0 Å². The van der Waals surface area contributed by atoms with Gasteiger partial charge < -0.3 is 14.8 Å². The van der Waals surface area contributed by atoms with Gasteiger partial charge in [0, 0.05) is 18.3 Å². The van der Waals surface area contributed by atoms with Crippen LogP contribution in [0.4, 0.5) is 5.69 Å². The number of nitrogens with one attached hydrogen (secondary N) is 1. The minimum absolute atomic E-state index is 0.0458. The van der Waals surface area contributed by atoms with Crippen LogP contribution in [0.2, 0.25) is 0 Å². The lowest BCUT2D eigenvalue weighted by Crippen LogP contribution is -2.41. The molecule has 20 heavy (non-hydrogen) atoms. The molecule has 4 heteroatoms. The van der Waals surface area contributed by atoms with E-state index in [4.69, 9.17) is 9.47 Å². The molecule has 1 aromatic carbocycles. The van der Waals surface area contributed by atoms with Gasteiger partial charge in [-0.1, -0.05) is 13.0 Å². The molecule has 1 N–H and O–H groups in total. The average molecular weight is 277 g/mol. The second kappa shape index (κ2) is 6.27. The standard InChI is InChI=1S/C16H23NO3/c1-4-16(2)11-14(8-9-20-16)17-13-7-5-6-12(10-13)15(18)19-3/h5-7,10,14,17H,4,8-9,11H2,1-3H3. The number of ether oxygens (including phenoxy) is 2. The van der Waals surface area contributed by atoms with E-state index in [1.807, 2.05) is 18.2 Å². The van der Waals surface area contributed by atoms with Gasteiger partial charge in [-0.05, 0) is 44.4 Å². The third kappa shape index (κ3) is 3.51. The Labute approximate surface area is 120 Å². The molecular formula is C16H23NO3. The number of carbonyl (C=O) groups excluding carboxylic acids is 1. The van der Waals surface area contributed by atoms with Crippen LogP contribution in [0.25, 0.3) is 0 Å². The topological polar surface area (TPSA) is 47.6 Å². The zero-order valence-corrected chi connectivity index (χ0v) is 12.4. The molecule has 0 amide bonds. The quantitative estimate of drug-likeness (QED) is 0.858. The molecule has 0 spiro atoms. The lowest BCUT2D eigenvalue weighted by atomic mass is 9.90. The van der Waals surface area contributed by atoms with E-state index < -0.39 is 0 Å². The second-order valence-corrected chi connectivity index (χ2v) is 5.56. The van der Waals surface area contributed by atoms with Crippen LogP contribution in [0, 0.1) is 0 Å². The molecule has 0 saturated carbocycles. The van der Waals surface area contributed by atoms with Gasteiger partial charge in [-0.15, -0.1) is 0 Å². The van der Waals surface area contributed by atoms with Crippen molar-refractivity contribution in [1.82, 2.24) is 0 Å². The Hall–Kier alpha value is -1.55. The van der Waals surface area contributed by atoms with Crippen molar-refractivity contribution in [1.29, 1.82) is 0 Å². The van der Waals surface area contributed by atoms with Gasteiger partial charge in [-0.25, -0.2) is 4.79 Å². The van der Waals surface area contributed by atoms with Crippen molar-refractivity contribution in [2.75, 3.05) is 19.0 Å². The Balaban J connectivity index is 2.04. The number of carbonyl (C=O) groups is 1. The third-order valence-corrected chi connectivity index (χ3v) is 4.00. The third-order valence-electron chi connectivity index (χ3n) is 4.00. The summed E-state index contributed by atoms with van der Waals surface area (Å²) < 4.78 is 10.6. The zero-order chi connectivity index (χ0) is 14.6. The summed E-state index contributed by atoms with van der Waals surface area (Å²) in [5, 5.41) is 3.50. The van der Waals surface area contributed by atoms with E-state index in [-0.39, 0.29) is 11.6 Å². The van der Waals surface area contributed by atoms with Crippen LogP contribution in [0.1, 0.15) is 43.5 Å². The molecule has 0 aromatic heterocycles. The normalized spacial score (nSPS) is 26.1. The minimum Gasteiger partial charge on any atom is -0.465 e. The van der Waals surface area contributed by atoms with Crippen LogP contribution in [0.3, 0.4) is 0 Å². The Kier molecular flexibility index (Phi) is 4.65. The van der Waals surface area contributed by atoms with Crippen LogP contribution >= 0.6 is 0 Å². The van der Waals surface area contributed by atoms with Gasteiger partial charge in [0.1, 0.15) is 0 Å². The summed E-state index contributed by atoms with van der Waals surface area (Å²) in [6.07, 6.45) is 2.97. The van der Waals surface area contributed by atoms with Crippen molar-refractivity contribution >= 4 is 11.7 Å². The molecule has 1 aliphatic heterocycles. The molecule has 1 fully saturated rings. The number of hydrogen-bond acceptors (Lipinski definition) is 4. The average Bonchev–Trinajstić information content (AvgIpc) is 2.47. The molecule has 2 rings (SSSR count). The largest absolute Gasteiger partial charge is 0.465 e. The fourth-order valence-corrected chi connectivity index (χ4v) is 2.59. The summed E-state index contributed by atoms with van der Waals surface area (Å²) in [5.74, 6) is -0.306. The smallest absolute Gasteiger partial charge is 0.337 e. The number of anilines is 1. The number of rotatable bonds is 4. The van der Waals surface area contributed by atoms with Gasteiger partial charge in [0.15, 0.2) is 0 Å². The molecule has 0 aliphatic carbocycles. The summed E-state index contributed by atoms with van der Waals surface area (Å²) in [7, 11) is 1.40. The number of esters is 1. The van der Waals surface area contributed by atoms with Crippen LogP contribution in [-0.2, 0) is 9.47 Å². The molecule has 4 nitrogen and oxygen atoms in total. The number of benzene rings is 1. The van der Waals surface area contributed by atoms with E-state index in [0.717, 1.165) is 31.6 Å². The highest BCUT2D eigenvalue weighted by molar-refractivity contribution is 5.90. The summed E-state index contributed by atoms with van der Waals surface area (Å²) in [5.41, 5.74) is 1.48. The fraction of sp³-hybridized carbons (Fsp3) is 0.562. The number of hydrogen-bond donors (Lipinski definition) is 1. The molecule has 1 heterocycles. The SMILES string of the molecule is CCC1(C)CC(Nc2cccc(C(=O)OC)c2)CCO1. The lowest BCUT2D eigenvalue weighted by Gasteiger charge is -2.38. The van der Waals surface area contributed by atoms with Gasteiger partial charge in [-0.2, -0.15) is 0 Å². The Morgan fingerprint density at radius 3 is 3.05 bits per heavy atom. The molecule has 2 unspecified atom stereocenters.